The van der Waals surface area contributed by atoms with E-state index in [0.717, 1.165) is 41.8 Å². The SMILES string of the molecule is Cc1cc([C@H]2[C@H](c3ccccn3)NC(=S)N2CCCNc2ccccc2)c(C)n1Cc1ccco1. The molecule has 0 spiro atoms. The van der Waals surface area contributed by atoms with Crippen molar-refractivity contribution in [1.82, 2.24) is 19.8 Å². The smallest absolute Gasteiger partial charge is 0.170 e. The van der Waals surface area contributed by atoms with E-state index in [0.29, 0.717) is 6.54 Å². The predicted octanol–water partition coefficient (Wildman–Crippen LogP) is 5.62. The molecule has 180 valence electrons. The third kappa shape index (κ3) is 4.95. The highest BCUT2D eigenvalue weighted by Gasteiger charge is 2.41. The van der Waals surface area contributed by atoms with Gasteiger partial charge in [0.2, 0.25) is 0 Å². The Labute approximate surface area is 212 Å². The number of thiocarbonyl (C=S) groups is 1. The summed E-state index contributed by atoms with van der Waals surface area (Å²) < 4.78 is 7.95. The Balaban J connectivity index is 1.41. The van der Waals surface area contributed by atoms with Gasteiger partial charge < -0.3 is 24.5 Å². The molecule has 1 aliphatic heterocycles. The molecule has 2 atom stereocenters. The lowest BCUT2D eigenvalue weighted by Gasteiger charge is -2.28. The minimum absolute atomic E-state index is 0.0108. The minimum atomic E-state index is -0.0108. The summed E-state index contributed by atoms with van der Waals surface area (Å²) in [5, 5.41) is 7.87. The monoisotopic (exact) mass is 485 g/mol. The number of para-hydroxylation sites is 1. The van der Waals surface area contributed by atoms with Crippen molar-refractivity contribution in [1.29, 1.82) is 0 Å². The maximum Gasteiger partial charge on any atom is 0.170 e. The van der Waals surface area contributed by atoms with Crippen molar-refractivity contribution in [2.75, 3.05) is 18.4 Å². The summed E-state index contributed by atoms with van der Waals surface area (Å²) in [5.41, 5.74) is 5.84. The summed E-state index contributed by atoms with van der Waals surface area (Å²) in [6, 6.07) is 22.7. The Morgan fingerprint density at radius 3 is 2.63 bits per heavy atom. The molecule has 0 saturated carbocycles. The van der Waals surface area contributed by atoms with Crippen molar-refractivity contribution in [3.05, 3.63) is 108 Å². The number of nitrogens with one attached hydrogen (secondary N) is 2. The van der Waals surface area contributed by atoms with Gasteiger partial charge in [0.25, 0.3) is 0 Å². The van der Waals surface area contributed by atoms with E-state index in [-0.39, 0.29) is 12.1 Å². The molecule has 35 heavy (non-hydrogen) atoms. The Bertz CT molecular complexity index is 1250. The molecule has 1 aromatic carbocycles. The third-order valence-corrected chi connectivity index (χ3v) is 7.05. The van der Waals surface area contributed by atoms with Crippen LogP contribution in [0.2, 0.25) is 0 Å². The van der Waals surface area contributed by atoms with Crippen LogP contribution in [0.5, 0.6) is 0 Å². The van der Waals surface area contributed by atoms with Gasteiger partial charge in [-0.05, 0) is 80.5 Å². The van der Waals surface area contributed by atoms with Gasteiger partial charge >= 0.3 is 0 Å². The fourth-order valence-electron chi connectivity index (χ4n) is 4.95. The van der Waals surface area contributed by atoms with Gasteiger partial charge in [0.15, 0.2) is 5.11 Å². The highest BCUT2D eigenvalue weighted by Crippen LogP contribution is 2.41. The second kappa shape index (κ2) is 10.4. The summed E-state index contributed by atoms with van der Waals surface area (Å²) in [4.78, 5) is 7.01. The van der Waals surface area contributed by atoms with Gasteiger partial charge in [-0.1, -0.05) is 24.3 Å². The number of hydrogen-bond donors (Lipinski definition) is 2. The molecule has 6 nitrogen and oxygen atoms in total. The second-order valence-corrected chi connectivity index (χ2v) is 9.35. The molecule has 0 amide bonds. The number of furan rings is 1. The van der Waals surface area contributed by atoms with Crippen molar-refractivity contribution in [2.24, 2.45) is 0 Å². The lowest BCUT2D eigenvalue weighted by Crippen LogP contribution is -2.31. The molecule has 0 aliphatic carbocycles. The largest absolute Gasteiger partial charge is 0.467 e. The molecule has 0 unspecified atom stereocenters. The zero-order valence-corrected chi connectivity index (χ0v) is 21.0. The molecule has 0 bridgehead atoms. The van der Waals surface area contributed by atoms with Crippen LogP contribution in [0.4, 0.5) is 5.69 Å². The van der Waals surface area contributed by atoms with Gasteiger partial charge in [0, 0.05) is 36.4 Å². The number of benzene rings is 1. The molecule has 4 heterocycles. The third-order valence-electron chi connectivity index (χ3n) is 6.70. The molecule has 0 radical (unpaired) electrons. The first-order chi connectivity index (χ1) is 17.1. The Morgan fingerprint density at radius 1 is 1.06 bits per heavy atom. The minimum Gasteiger partial charge on any atom is -0.467 e. The predicted molar refractivity (Wildman–Crippen MR) is 143 cm³/mol. The topological polar surface area (TPSA) is 58.3 Å². The number of hydrogen-bond acceptors (Lipinski definition) is 4. The quantitative estimate of drug-likeness (QED) is 0.237. The van der Waals surface area contributed by atoms with Gasteiger partial charge in [-0.3, -0.25) is 4.98 Å². The summed E-state index contributed by atoms with van der Waals surface area (Å²) in [6.07, 6.45) is 4.54. The normalized spacial score (nSPS) is 17.5. The van der Waals surface area contributed by atoms with Crippen LogP contribution < -0.4 is 10.6 Å². The Hall–Kier alpha value is -3.58. The van der Waals surface area contributed by atoms with Crippen molar-refractivity contribution >= 4 is 23.0 Å². The first-order valence-electron chi connectivity index (χ1n) is 12.1. The van der Waals surface area contributed by atoms with E-state index in [9.17, 15) is 0 Å². The highest BCUT2D eigenvalue weighted by atomic mass is 32.1. The van der Waals surface area contributed by atoms with Crippen molar-refractivity contribution in [2.45, 2.75) is 38.9 Å². The van der Waals surface area contributed by atoms with Crippen LogP contribution in [0.15, 0.2) is 83.6 Å². The molecule has 5 rings (SSSR count). The zero-order valence-electron chi connectivity index (χ0n) is 20.1. The van der Waals surface area contributed by atoms with Gasteiger partial charge in [-0.15, -0.1) is 0 Å². The van der Waals surface area contributed by atoms with Gasteiger partial charge in [-0.2, -0.15) is 0 Å². The van der Waals surface area contributed by atoms with E-state index in [2.05, 4.69) is 63.2 Å². The summed E-state index contributed by atoms with van der Waals surface area (Å²) in [7, 11) is 0. The molecular formula is C28H31N5OS. The number of aryl methyl sites for hydroxylation is 1. The maximum absolute atomic E-state index is 5.86. The van der Waals surface area contributed by atoms with E-state index in [1.165, 1.54) is 17.0 Å². The molecular weight excluding hydrogens is 454 g/mol. The maximum atomic E-state index is 5.86. The van der Waals surface area contributed by atoms with E-state index >= 15 is 0 Å². The summed E-state index contributed by atoms with van der Waals surface area (Å²) in [6.45, 7) is 6.79. The van der Waals surface area contributed by atoms with Gasteiger partial charge in [0.1, 0.15) is 5.76 Å². The van der Waals surface area contributed by atoms with E-state index < -0.39 is 0 Å². The van der Waals surface area contributed by atoms with Crippen molar-refractivity contribution in [3.8, 4) is 0 Å². The summed E-state index contributed by atoms with van der Waals surface area (Å²) in [5.74, 6) is 0.948. The number of pyridine rings is 1. The molecule has 2 N–H and O–H groups in total. The number of nitrogens with zero attached hydrogens (tertiary/aromatic N) is 3. The molecule has 1 aliphatic rings. The van der Waals surface area contributed by atoms with Crippen LogP contribution in [-0.4, -0.2) is 32.7 Å². The number of rotatable bonds is 9. The lowest BCUT2D eigenvalue weighted by atomic mass is 9.96. The molecule has 1 fully saturated rings. The Morgan fingerprint density at radius 2 is 1.89 bits per heavy atom. The fraction of sp³-hybridized carbons (Fsp3) is 0.286. The Kier molecular flexibility index (Phi) is 6.86. The first kappa shape index (κ1) is 23.2. The van der Waals surface area contributed by atoms with E-state index in [1.54, 1.807) is 6.26 Å². The first-order valence-corrected chi connectivity index (χ1v) is 12.5. The zero-order chi connectivity index (χ0) is 24.2. The van der Waals surface area contributed by atoms with Crippen LogP contribution in [0.3, 0.4) is 0 Å². The molecule has 4 aromatic rings. The molecule has 1 saturated heterocycles. The van der Waals surface area contributed by atoms with Crippen LogP contribution in [0.25, 0.3) is 0 Å². The van der Waals surface area contributed by atoms with Gasteiger partial charge in [0.05, 0.1) is 30.6 Å². The van der Waals surface area contributed by atoms with E-state index in [1.807, 2.05) is 48.7 Å². The molecule has 3 aromatic heterocycles. The van der Waals surface area contributed by atoms with E-state index in [4.69, 9.17) is 16.6 Å². The van der Waals surface area contributed by atoms with Crippen LogP contribution in [0, 0.1) is 13.8 Å². The van der Waals surface area contributed by atoms with Crippen LogP contribution >= 0.6 is 12.2 Å². The number of anilines is 1. The van der Waals surface area contributed by atoms with Crippen LogP contribution in [-0.2, 0) is 6.54 Å². The standard InChI is InChI=1S/C28H31N5OS/c1-20-18-24(21(2)33(20)19-23-12-8-17-34-23)27-26(25-13-6-7-14-30-25)31-28(35)32(27)16-9-15-29-22-10-4-3-5-11-22/h3-8,10-14,17-18,26-27,29H,9,15-16,19H2,1-2H3,(H,31,35)/t26-,27-/m0/s1. The average molecular weight is 486 g/mol. The van der Waals surface area contributed by atoms with Gasteiger partial charge in [-0.25, -0.2) is 0 Å². The van der Waals surface area contributed by atoms with Crippen molar-refractivity contribution in [3.63, 3.8) is 0 Å². The highest BCUT2D eigenvalue weighted by molar-refractivity contribution is 7.80. The average Bonchev–Trinajstić information content (AvgIpc) is 3.58. The molecule has 7 heteroatoms. The lowest BCUT2D eigenvalue weighted by molar-refractivity contribution is 0.315. The second-order valence-electron chi connectivity index (χ2n) is 8.96. The fourth-order valence-corrected chi connectivity index (χ4v) is 5.28. The summed E-state index contributed by atoms with van der Waals surface area (Å²) >= 11 is 5.86. The van der Waals surface area contributed by atoms with Crippen molar-refractivity contribution < 1.29 is 4.42 Å². The van der Waals surface area contributed by atoms with Crippen LogP contribution in [0.1, 0.15) is 46.9 Å². The number of aromatic nitrogens is 2.